The summed E-state index contributed by atoms with van der Waals surface area (Å²) in [5.74, 6) is -1.34. The van der Waals surface area contributed by atoms with E-state index in [2.05, 4.69) is 15.4 Å². The quantitative estimate of drug-likeness (QED) is 0.151. The first kappa shape index (κ1) is 38.8. The van der Waals surface area contributed by atoms with Crippen molar-refractivity contribution in [3.63, 3.8) is 0 Å². The minimum atomic E-state index is -4.06. The van der Waals surface area contributed by atoms with E-state index < -0.39 is 51.9 Å². The van der Waals surface area contributed by atoms with Crippen LogP contribution in [0.2, 0.25) is 5.02 Å². The Bertz CT molecular complexity index is 1750. The van der Waals surface area contributed by atoms with E-state index >= 15 is 0 Å². The Morgan fingerprint density at radius 2 is 1.68 bits per heavy atom. The zero-order valence-electron chi connectivity index (χ0n) is 28.7. The predicted octanol–water partition coefficient (Wildman–Crippen LogP) is 6.26. The largest absolute Gasteiger partial charge is 0.465 e. The van der Waals surface area contributed by atoms with Gasteiger partial charge in [-0.15, -0.1) is 0 Å². The molecule has 3 aromatic carbocycles. The molecule has 0 radical (unpaired) electrons. The number of sulfone groups is 1. The van der Waals surface area contributed by atoms with Crippen molar-refractivity contribution in [1.29, 1.82) is 0 Å². The molecule has 0 aromatic heterocycles. The van der Waals surface area contributed by atoms with Gasteiger partial charge in [0, 0.05) is 18.2 Å². The van der Waals surface area contributed by atoms with Gasteiger partial charge in [-0.05, 0) is 100 Å². The Hall–Kier alpha value is -4.01. The third-order valence-electron chi connectivity index (χ3n) is 7.72. The average Bonchev–Trinajstić information content (AvgIpc) is 3.09. The van der Waals surface area contributed by atoms with Gasteiger partial charge in [-0.1, -0.05) is 35.9 Å². The number of amides is 1. The highest BCUT2D eigenvalue weighted by molar-refractivity contribution is 7.91. The normalized spacial score (nSPS) is 16.2. The molecule has 1 amide bonds. The van der Waals surface area contributed by atoms with Gasteiger partial charge in [0.1, 0.15) is 17.7 Å². The molecule has 4 rings (SSSR count). The van der Waals surface area contributed by atoms with Crippen molar-refractivity contribution < 1.29 is 46.5 Å². The van der Waals surface area contributed by atoms with Crippen LogP contribution in [0.1, 0.15) is 67.6 Å². The van der Waals surface area contributed by atoms with E-state index in [0.29, 0.717) is 36.6 Å². The Balaban J connectivity index is 1.53. The molecule has 0 bridgehead atoms. The van der Waals surface area contributed by atoms with Gasteiger partial charge in [0.25, 0.3) is 0 Å². The third kappa shape index (κ3) is 10.5. The van der Waals surface area contributed by atoms with Crippen LogP contribution in [0.4, 0.5) is 10.5 Å². The number of nitrogens with one attached hydrogen (secondary N) is 2. The second-order valence-corrected chi connectivity index (χ2v) is 15.0. The number of rotatable bonds is 13. The molecular formula is C36H43ClN2O10S. The summed E-state index contributed by atoms with van der Waals surface area (Å²) in [5, 5.41) is 6.18. The SMILES string of the molecule is COC(=O)Nc1ccc(S(=O)(=O)c2ccc(CCNC(C(=O)OC(C)(C)C)[C@H](OC3CCCCO3)c3cccc(Cl)c3)cc2)cc1C(=O)OC. The second kappa shape index (κ2) is 17.3. The van der Waals surface area contributed by atoms with Crippen molar-refractivity contribution in [3.8, 4) is 0 Å². The molecule has 3 aromatic rings. The van der Waals surface area contributed by atoms with Crippen molar-refractivity contribution >= 4 is 45.2 Å². The highest BCUT2D eigenvalue weighted by Gasteiger charge is 2.36. The zero-order chi connectivity index (χ0) is 36.5. The van der Waals surface area contributed by atoms with E-state index in [9.17, 15) is 22.8 Å². The van der Waals surface area contributed by atoms with Crippen molar-refractivity contribution in [2.75, 3.05) is 32.7 Å². The summed E-state index contributed by atoms with van der Waals surface area (Å²) in [4.78, 5) is 37.6. The summed E-state index contributed by atoms with van der Waals surface area (Å²) in [6.45, 7) is 6.26. The van der Waals surface area contributed by atoms with Crippen molar-refractivity contribution in [2.24, 2.45) is 0 Å². The maximum atomic E-state index is 13.6. The molecular weight excluding hydrogens is 688 g/mol. The predicted molar refractivity (Wildman–Crippen MR) is 186 cm³/mol. The maximum absolute atomic E-state index is 13.6. The lowest BCUT2D eigenvalue weighted by Gasteiger charge is -2.33. The van der Waals surface area contributed by atoms with E-state index in [-0.39, 0.29) is 21.0 Å². The van der Waals surface area contributed by atoms with Crippen LogP contribution in [0.5, 0.6) is 0 Å². The first-order valence-electron chi connectivity index (χ1n) is 16.1. The van der Waals surface area contributed by atoms with Gasteiger partial charge < -0.3 is 29.0 Å². The van der Waals surface area contributed by atoms with Crippen molar-refractivity contribution in [2.45, 2.75) is 80.3 Å². The number of halogens is 1. The number of methoxy groups -OCH3 is 2. The van der Waals surface area contributed by atoms with Gasteiger partial charge >= 0.3 is 18.0 Å². The Morgan fingerprint density at radius 3 is 2.30 bits per heavy atom. The highest BCUT2D eigenvalue weighted by Crippen LogP contribution is 2.31. The molecule has 1 heterocycles. The summed E-state index contributed by atoms with van der Waals surface area (Å²) >= 11 is 6.34. The molecule has 1 aliphatic rings. The first-order valence-corrected chi connectivity index (χ1v) is 18.0. The van der Waals surface area contributed by atoms with Gasteiger partial charge in [-0.25, -0.2) is 18.0 Å². The van der Waals surface area contributed by atoms with Gasteiger partial charge in [0.15, 0.2) is 6.29 Å². The third-order valence-corrected chi connectivity index (χ3v) is 9.72. The standard InChI is InChI=1S/C36H43ClN2O10S/c1-36(2,3)49-34(41)31(32(24-9-8-10-25(37)21-24)48-30-11-6-7-20-47-30)38-19-18-23-12-14-26(15-13-23)50(43,44)27-16-17-29(39-35(42)46-5)28(22-27)33(40)45-4/h8-10,12-17,21-22,30-32,38H,6-7,11,18-20H2,1-5H3,(H,39,42)/t30?,31?,32-/m1/s1. The molecule has 2 N–H and O–H groups in total. The number of benzene rings is 3. The Kier molecular flexibility index (Phi) is 13.4. The first-order chi connectivity index (χ1) is 23.7. The molecule has 1 fully saturated rings. The lowest BCUT2D eigenvalue weighted by molar-refractivity contribution is -0.202. The molecule has 1 saturated heterocycles. The summed E-state index contributed by atoms with van der Waals surface area (Å²) in [6.07, 6.45) is 0.882. The summed E-state index contributed by atoms with van der Waals surface area (Å²) < 4.78 is 54.5. The summed E-state index contributed by atoms with van der Waals surface area (Å²) in [7, 11) is -1.76. The number of carbonyl (C=O) groups is 3. The number of ether oxygens (including phenoxy) is 5. The molecule has 50 heavy (non-hydrogen) atoms. The molecule has 1 aliphatic heterocycles. The average molecular weight is 731 g/mol. The number of hydrogen-bond acceptors (Lipinski definition) is 11. The van der Waals surface area contributed by atoms with Crippen LogP contribution < -0.4 is 10.6 Å². The summed E-state index contributed by atoms with van der Waals surface area (Å²) in [6, 6.07) is 16.2. The van der Waals surface area contributed by atoms with Gasteiger partial charge in [0.2, 0.25) is 9.84 Å². The number of esters is 2. The zero-order valence-corrected chi connectivity index (χ0v) is 30.3. The fraction of sp³-hybridized carbons (Fsp3) is 0.417. The topological polar surface area (TPSA) is 156 Å². The van der Waals surface area contributed by atoms with E-state index in [4.69, 9.17) is 30.5 Å². The Labute approximate surface area is 297 Å². The van der Waals surface area contributed by atoms with Crippen LogP contribution in [-0.2, 0) is 44.7 Å². The maximum Gasteiger partial charge on any atom is 0.411 e. The lowest BCUT2D eigenvalue weighted by atomic mass is 10.0. The van der Waals surface area contributed by atoms with Crippen molar-refractivity contribution in [3.05, 3.63) is 88.4 Å². The highest BCUT2D eigenvalue weighted by atomic mass is 35.5. The minimum absolute atomic E-state index is 0.00719. The number of hydrogen-bond donors (Lipinski definition) is 2. The monoisotopic (exact) mass is 730 g/mol. The number of carbonyl (C=O) groups excluding carboxylic acids is 3. The van der Waals surface area contributed by atoms with Gasteiger partial charge in [-0.3, -0.25) is 10.1 Å². The van der Waals surface area contributed by atoms with Crippen LogP contribution in [0, 0.1) is 0 Å². The molecule has 0 aliphatic carbocycles. The molecule has 2 unspecified atom stereocenters. The lowest BCUT2D eigenvalue weighted by Crippen LogP contribution is -2.47. The fourth-order valence-electron chi connectivity index (χ4n) is 5.28. The Morgan fingerprint density at radius 1 is 0.960 bits per heavy atom. The fourth-order valence-corrected chi connectivity index (χ4v) is 6.76. The van der Waals surface area contributed by atoms with E-state index in [1.54, 1.807) is 51.1 Å². The number of anilines is 1. The van der Waals surface area contributed by atoms with E-state index in [1.807, 2.05) is 6.07 Å². The van der Waals surface area contributed by atoms with Crippen LogP contribution in [-0.4, -0.2) is 71.8 Å². The smallest absolute Gasteiger partial charge is 0.411 e. The van der Waals surface area contributed by atoms with Gasteiger partial charge in [-0.2, -0.15) is 0 Å². The van der Waals surface area contributed by atoms with Crippen LogP contribution >= 0.6 is 11.6 Å². The van der Waals surface area contributed by atoms with Crippen LogP contribution in [0.3, 0.4) is 0 Å². The summed E-state index contributed by atoms with van der Waals surface area (Å²) in [5.41, 5.74) is 0.604. The molecule has 0 spiro atoms. The second-order valence-electron chi connectivity index (χ2n) is 12.6. The van der Waals surface area contributed by atoms with Crippen LogP contribution in [0.15, 0.2) is 76.5 Å². The van der Waals surface area contributed by atoms with E-state index in [0.717, 1.165) is 38.7 Å². The molecule has 0 saturated carbocycles. The molecule has 3 atom stereocenters. The molecule has 14 heteroatoms. The molecule has 270 valence electrons. The molecule has 12 nitrogen and oxygen atoms in total. The van der Waals surface area contributed by atoms with Crippen LogP contribution in [0.25, 0.3) is 0 Å². The van der Waals surface area contributed by atoms with Gasteiger partial charge in [0.05, 0.1) is 35.3 Å². The minimum Gasteiger partial charge on any atom is -0.465 e. The van der Waals surface area contributed by atoms with Crippen molar-refractivity contribution in [1.82, 2.24) is 5.32 Å². The van der Waals surface area contributed by atoms with E-state index in [1.165, 1.54) is 24.3 Å².